The molecule has 1 rings (SSSR count). The van der Waals surface area contributed by atoms with Gasteiger partial charge in [-0.25, -0.2) is 0 Å². The van der Waals surface area contributed by atoms with Gasteiger partial charge in [0, 0.05) is 0 Å². The molecule has 0 fully saturated rings. The van der Waals surface area contributed by atoms with Crippen LogP contribution in [0.5, 0.6) is 0 Å². The Hall–Kier alpha value is -1.07. The lowest BCUT2D eigenvalue weighted by atomic mass is 10.1. The molecular weight excluding hydrogens is 202 g/mol. The molecule has 0 atom stereocenters. The van der Waals surface area contributed by atoms with E-state index in [0.29, 0.717) is 5.69 Å². The SMILES string of the molecule is CCCc1ccc(NS(=O)(=O)O)cc1. The number of anilines is 1. The zero-order valence-corrected chi connectivity index (χ0v) is 8.71. The summed E-state index contributed by atoms with van der Waals surface area (Å²) in [4.78, 5) is 0. The van der Waals surface area contributed by atoms with Crippen molar-refractivity contribution in [2.24, 2.45) is 0 Å². The van der Waals surface area contributed by atoms with Crippen LogP contribution < -0.4 is 4.72 Å². The number of hydrogen-bond donors (Lipinski definition) is 2. The lowest BCUT2D eigenvalue weighted by Gasteiger charge is -2.03. The Labute approximate surface area is 83.8 Å². The quantitative estimate of drug-likeness (QED) is 0.753. The summed E-state index contributed by atoms with van der Waals surface area (Å²) in [5.74, 6) is 0. The van der Waals surface area contributed by atoms with Crippen molar-refractivity contribution in [2.45, 2.75) is 19.8 Å². The molecule has 78 valence electrons. The normalized spacial score (nSPS) is 11.3. The summed E-state index contributed by atoms with van der Waals surface area (Å²) < 4.78 is 31.4. The largest absolute Gasteiger partial charge is 0.357 e. The Balaban J connectivity index is 2.74. The zero-order valence-electron chi connectivity index (χ0n) is 7.90. The van der Waals surface area contributed by atoms with E-state index in [1.807, 2.05) is 16.9 Å². The van der Waals surface area contributed by atoms with Crippen molar-refractivity contribution in [3.8, 4) is 0 Å². The van der Waals surface area contributed by atoms with Crippen LogP contribution in [0.25, 0.3) is 0 Å². The number of hydrogen-bond acceptors (Lipinski definition) is 2. The smallest absolute Gasteiger partial charge is 0.269 e. The number of nitrogens with one attached hydrogen (secondary N) is 1. The van der Waals surface area contributed by atoms with Crippen molar-refractivity contribution in [1.82, 2.24) is 0 Å². The van der Waals surface area contributed by atoms with Gasteiger partial charge in [0.15, 0.2) is 0 Å². The van der Waals surface area contributed by atoms with E-state index in [9.17, 15) is 8.42 Å². The molecule has 0 heterocycles. The summed E-state index contributed by atoms with van der Waals surface area (Å²) in [5, 5.41) is 0. The van der Waals surface area contributed by atoms with Crippen LogP contribution in [0.1, 0.15) is 18.9 Å². The molecule has 0 aliphatic rings. The van der Waals surface area contributed by atoms with Crippen LogP contribution in [0.2, 0.25) is 0 Å². The van der Waals surface area contributed by atoms with Gasteiger partial charge in [-0.2, -0.15) is 8.42 Å². The van der Waals surface area contributed by atoms with Crippen molar-refractivity contribution in [2.75, 3.05) is 4.72 Å². The first-order chi connectivity index (χ1) is 6.51. The lowest BCUT2D eigenvalue weighted by Crippen LogP contribution is -2.10. The van der Waals surface area contributed by atoms with Gasteiger partial charge in [0.1, 0.15) is 0 Å². The third-order valence-electron chi connectivity index (χ3n) is 1.74. The first-order valence-corrected chi connectivity index (χ1v) is 5.79. The Morgan fingerprint density at radius 3 is 2.29 bits per heavy atom. The van der Waals surface area contributed by atoms with Crippen molar-refractivity contribution in [1.29, 1.82) is 0 Å². The molecule has 4 nitrogen and oxygen atoms in total. The highest BCUT2D eigenvalue weighted by Crippen LogP contribution is 2.11. The molecule has 5 heteroatoms. The fourth-order valence-electron chi connectivity index (χ4n) is 1.18. The Morgan fingerprint density at radius 2 is 1.86 bits per heavy atom. The zero-order chi connectivity index (χ0) is 10.6. The van der Waals surface area contributed by atoms with Crippen LogP contribution in [-0.4, -0.2) is 13.0 Å². The number of aryl methyl sites for hydroxylation is 1. The van der Waals surface area contributed by atoms with Crippen molar-refractivity contribution < 1.29 is 13.0 Å². The molecule has 1 aromatic rings. The monoisotopic (exact) mass is 215 g/mol. The summed E-state index contributed by atoms with van der Waals surface area (Å²) >= 11 is 0. The fourth-order valence-corrected chi connectivity index (χ4v) is 1.61. The molecule has 1 aromatic carbocycles. The second-order valence-corrected chi connectivity index (χ2v) is 4.18. The van der Waals surface area contributed by atoms with E-state index in [4.69, 9.17) is 4.55 Å². The van der Waals surface area contributed by atoms with E-state index in [0.717, 1.165) is 18.4 Å². The topological polar surface area (TPSA) is 66.4 Å². The van der Waals surface area contributed by atoms with E-state index in [-0.39, 0.29) is 0 Å². The summed E-state index contributed by atoms with van der Waals surface area (Å²) in [6.07, 6.45) is 2.01. The number of rotatable bonds is 4. The van der Waals surface area contributed by atoms with E-state index in [2.05, 4.69) is 6.92 Å². The Morgan fingerprint density at radius 1 is 1.29 bits per heavy atom. The summed E-state index contributed by atoms with van der Waals surface area (Å²) in [7, 11) is -4.15. The minimum atomic E-state index is -4.15. The van der Waals surface area contributed by atoms with Gasteiger partial charge in [-0.1, -0.05) is 25.5 Å². The fraction of sp³-hybridized carbons (Fsp3) is 0.333. The van der Waals surface area contributed by atoms with Crippen molar-refractivity contribution >= 4 is 16.0 Å². The third-order valence-corrected chi connectivity index (χ3v) is 2.23. The maximum atomic E-state index is 10.5. The average molecular weight is 215 g/mol. The van der Waals surface area contributed by atoms with Gasteiger partial charge in [-0.05, 0) is 24.1 Å². The predicted molar refractivity (Wildman–Crippen MR) is 55.6 cm³/mol. The van der Waals surface area contributed by atoms with Gasteiger partial charge < -0.3 is 0 Å². The van der Waals surface area contributed by atoms with Crippen LogP contribution in [0, 0.1) is 0 Å². The lowest BCUT2D eigenvalue weighted by molar-refractivity contribution is 0.489. The molecule has 0 amide bonds. The molecule has 0 aliphatic carbocycles. The minimum absolute atomic E-state index is 0.368. The van der Waals surface area contributed by atoms with E-state index >= 15 is 0 Å². The van der Waals surface area contributed by atoms with Gasteiger partial charge in [0.25, 0.3) is 0 Å². The van der Waals surface area contributed by atoms with E-state index < -0.39 is 10.3 Å². The Bertz CT molecular complexity index is 383. The molecule has 0 aliphatic heterocycles. The van der Waals surface area contributed by atoms with E-state index in [1.165, 1.54) is 0 Å². The van der Waals surface area contributed by atoms with E-state index in [1.54, 1.807) is 12.1 Å². The van der Waals surface area contributed by atoms with Gasteiger partial charge in [-0.15, -0.1) is 0 Å². The van der Waals surface area contributed by atoms with Gasteiger partial charge in [0.05, 0.1) is 5.69 Å². The van der Waals surface area contributed by atoms with Crippen molar-refractivity contribution in [3.05, 3.63) is 29.8 Å². The molecule has 0 saturated heterocycles. The summed E-state index contributed by atoms with van der Waals surface area (Å²) in [6, 6.07) is 6.91. The van der Waals surface area contributed by atoms with Crippen LogP contribution in [0.4, 0.5) is 5.69 Å². The molecule has 0 saturated carbocycles. The molecule has 14 heavy (non-hydrogen) atoms. The molecule has 0 bridgehead atoms. The molecular formula is C9H13NO3S. The standard InChI is InChI=1S/C9H13NO3S/c1-2-3-8-4-6-9(7-5-8)10-14(11,12)13/h4-7,10H,2-3H2,1H3,(H,11,12,13). The second-order valence-electron chi connectivity index (χ2n) is 3.02. The van der Waals surface area contributed by atoms with Gasteiger partial charge >= 0.3 is 10.3 Å². The second kappa shape index (κ2) is 4.43. The highest BCUT2D eigenvalue weighted by Gasteiger charge is 2.02. The third kappa shape index (κ3) is 3.76. The Kier molecular flexibility index (Phi) is 3.49. The highest BCUT2D eigenvalue weighted by molar-refractivity contribution is 7.87. The summed E-state index contributed by atoms with van der Waals surface area (Å²) in [6.45, 7) is 2.07. The van der Waals surface area contributed by atoms with Crippen LogP contribution in [-0.2, 0) is 16.7 Å². The minimum Gasteiger partial charge on any atom is -0.269 e. The maximum Gasteiger partial charge on any atom is 0.357 e. The molecule has 0 aromatic heterocycles. The summed E-state index contributed by atoms with van der Waals surface area (Å²) in [5.41, 5.74) is 1.51. The first kappa shape index (κ1) is 11.0. The van der Waals surface area contributed by atoms with Crippen LogP contribution in [0.15, 0.2) is 24.3 Å². The molecule has 0 spiro atoms. The molecule has 0 unspecified atom stereocenters. The van der Waals surface area contributed by atoms with Crippen molar-refractivity contribution in [3.63, 3.8) is 0 Å². The molecule has 0 radical (unpaired) electrons. The average Bonchev–Trinajstić information content (AvgIpc) is 2.06. The maximum absolute atomic E-state index is 10.5. The first-order valence-electron chi connectivity index (χ1n) is 4.35. The molecule has 2 N–H and O–H groups in total. The predicted octanol–water partition coefficient (Wildman–Crippen LogP) is 1.85. The van der Waals surface area contributed by atoms with Crippen LogP contribution >= 0.6 is 0 Å². The number of benzene rings is 1. The van der Waals surface area contributed by atoms with Gasteiger partial charge in [0.2, 0.25) is 0 Å². The van der Waals surface area contributed by atoms with Gasteiger partial charge in [-0.3, -0.25) is 9.27 Å². The van der Waals surface area contributed by atoms with Crippen LogP contribution in [0.3, 0.4) is 0 Å². The highest BCUT2D eigenvalue weighted by atomic mass is 32.2.